The molecule has 3 N–H and O–H groups in total. The fraction of sp³-hybridized carbons (Fsp3) is 0.200. The van der Waals surface area contributed by atoms with Gasteiger partial charge in [0.1, 0.15) is 12.0 Å². The van der Waals surface area contributed by atoms with Gasteiger partial charge in [-0.3, -0.25) is 5.32 Å². The monoisotopic (exact) mass is 403 g/mol. The molecule has 0 aliphatic carbocycles. The van der Waals surface area contributed by atoms with Gasteiger partial charge < -0.3 is 10.4 Å². The topological polar surface area (TPSA) is 83.4 Å². The third kappa shape index (κ3) is 4.09. The Morgan fingerprint density at radius 1 is 1.14 bits per heavy atom. The van der Waals surface area contributed by atoms with Crippen molar-refractivity contribution in [3.8, 4) is 11.3 Å². The summed E-state index contributed by atoms with van der Waals surface area (Å²) in [4.78, 5) is 0.0598. The number of nitrogens with zero attached hydrogens (tertiary/aromatic N) is 1. The van der Waals surface area contributed by atoms with E-state index < -0.39 is 22.1 Å². The van der Waals surface area contributed by atoms with Crippen molar-refractivity contribution in [2.45, 2.75) is 18.0 Å². The maximum Gasteiger partial charge on any atom is 0.268 e. The predicted molar refractivity (Wildman–Crippen MR) is 107 cm³/mol. The summed E-state index contributed by atoms with van der Waals surface area (Å²) in [6, 6.07) is 14.0. The molecule has 0 spiro atoms. The molecule has 0 aliphatic rings. The molecule has 0 bridgehead atoms. The number of nitrogens with one attached hydrogen (secondary N) is 2. The summed E-state index contributed by atoms with van der Waals surface area (Å²) in [6.45, 7) is 1.97. The van der Waals surface area contributed by atoms with Crippen LogP contribution in [-0.4, -0.2) is 37.3 Å². The molecule has 0 saturated carbocycles. The average molecular weight is 403 g/mol. The maximum absolute atomic E-state index is 14.3. The summed E-state index contributed by atoms with van der Waals surface area (Å²) < 4.78 is 41.9. The summed E-state index contributed by atoms with van der Waals surface area (Å²) in [5.41, 5.74) is 1.73. The summed E-state index contributed by atoms with van der Waals surface area (Å²) in [7, 11) is -2.33. The lowest BCUT2D eigenvalue weighted by Gasteiger charge is -2.14. The first-order valence-corrected chi connectivity index (χ1v) is 10.2. The van der Waals surface area contributed by atoms with E-state index in [-0.39, 0.29) is 22.7 Å². The van der Waals surface area contributed by atoms with Crippen molar-refractivity contribution in [3.63, 3.8) is 0 Å². The van der Waals surface area contributed by atoms with Gasteiger partial charge in [0.2, 0.25) is 0 Å². The molecule has 3 aromatic rings. The zero-order chi connectivity index (χ0) is 20.3. The second kappa shape index (κ2) is 8.14. The van der Waals surface area contributed by atoms with Crippen LogP contribution in [0.15, 0.2) is 65.7 Å². The Bertz CT molecular complexity index is 1080. The highest BCUT2D eigenvalue weighted by atomic mass is 32.2. The standard InChI is InChI=1S/C20H22FN3O3S/c1-14-10-19(17-8-3-4-9-18(17)21)24(13-14)28(26,27)16-7-5-6-15(11-16)23-12-20(25)22-2/h3-11,13,20,22-23,25H,12H2,1-2H3. The van der Waals surface area contributed by atoms with Gasteiger partial charge in [-0.1, -0.05) is 18.2 Å². The van der Waals surface area contributed by atoms with Crippen molar-refractivity contribution >= 4 is 15.7 Å². The van der Waals surface area contributed by atoms with Gasteiger partial charge in [0, 0.05) is 17.4 Å². The molecule has 1 heterocycles. The molecule has 148 valence electrons. The van der Waals surface area contributed by atoms with Gasteiger partial charge in [0.05, 0.1) is 17.1 Å². The van der Waals surface area contributed by atoms with E-state index in [1.165, 1.54) is 24.4 Å². The van der Waals surface area contributed by atoms with E-state index in [1.54, 1.807) is 50.4 Å². The van der Waals surface area contributed by atoms with Gasteiger partial charge in [-0.25, -0.2) is 16.8 Å². The number of aryl methyl sites for hydroxylation is 1. The molecule has 8 heteroatoms. The quantitative estimate of drug-likeness (QED) is 0.529. The van der Waals surface area contributed by atoms with Crippen LogP contribution < -0.4 is 10.6 Å². The molecule has 2 aromatic carbocycles. The van der Waals surface area contributed by atoms with Gasteiger partial charge >= 0.3 is 0 Å². The largest absolute Gasteiger partial charge is 0.381 e. The molecule has 3 rings (SSSR count). The van der Waals surface area contributed by atoms with Crippen LogP contribution in [-0.2, 0) is 10.0 Å². The van der Waals surface area contributed by atoms with Crippen LogP contribution in [0.2, 0.25) is 0 Å². The SMILES string of the molecule is CNC(O)CNc1cccc(S(=O)(=O)n2cc(C)cc2-c2ccccc2F)c1. The van der Waals surface area contributed by atoms with Crippen LogP contribution in [0.5, 0.6) is 0 Å². The molecular formula is C20H22FN3O3S. The van der Waals surface area contributed by atoms with Crippen molar-refractivity contribution in [3.05, 3.63) is 72.2 Å². The van der Waals surface area contributed by atoms with Gasteiger partial charge in [-0.15, -0.1) is 0 Å². The first-order chi connectivity index (χ1) is 13.3. The number of likely N-dealkylation sites (N-methyl/N-ethyl adjacent to an activating group) is 1. The first kappa shape index (κ1) is 20.1. The Morgan fingerprint density at radius 2 is 1.89 bits per heavy atom. The number of hydrogen-bond acceptors (Lipinski definition) is 5. The van der Waals surface area contributed by atoms with Gasteiger partial charge in [-0.2, -0.15) is 0 Å². The number of benzene rings is 2. The molecule has 0 saturated heterocycles. The van der Waals surface area contributed by atoms with Crippen LogP contribution in [0, 0.1) is 12.7 Å². The van der Waals surface area contributed by atoms with E-state index in [2.05, 4.69) is 10.6 Å². The van der Waals surface area contributed by atoms with E-state index in [0.717, 1.165) is 3.97 Å². The number of aliphatic hydroxyl groups excluding tert-OH is 1. The lowest BCUT2D eigenvalue weighted by molar-refractivity contribution is 0.160. The highest BCUT2D eigenvalue weighted by molar-refractivity contribution is 7.90. The molecule has 0 fully saturated rings. The number of aliphatic hydroxyl groups is 1. The van der Waals surface area contributed by atoms with Gasteiger partial charge in [-0.05, 0) is 55.9 Å². The minimum atomic E-state index is -3.95. The first-order valence-electron chi connectivity index (χ1n) is 8.71. The highest BCUT2D eigenvalue weighted by Crippen LogP contribution is 2.29. The van der Waals surface area contributed by atoms with E-state index >= 15 is 0 Å². The van der Waals surface area contributed by atoms with E-state index in [4.69, 9.17) is 0 Å². The maximum atomic E-state index is 14.3. The second-order valence-corrected chi connectivity index (χ2v) is 8.21. The number of rotatable bonds is 7. The van der Waals surface area contributed by atoms with Crippen LogP contribution in [0.3, 0.4) is 0 Å². The third-order valence-corrected chi connectivity index (χ3v) is 5.97. The Labute approximate surface area is 163 Å². The normalized spacial score (nSPS) is 12.7. The van der Waals surface area contributed by atoms with Gasteiger partial charge in [0.15, 0.2) is 0 Å². The van der Waals surface area contributed by atoms with Gasteiger partial charge in [0.25, 0.3) is 10.0 Å². The molecule has 0 radical (unpaired) electrons. The Balaban J connectivity index is 2.02. The minimum Gasteiger partial charge on any atom is -0.381 e. The summed E-state index contributed by atoms with van der Waals surface area (Å²) in [6.07, 6.45) is 0.710. The van der Waals surface area contributed by atoms with Crippen LogP contribution in [0.25, 0.3) is 11.3 Å². The van der Waals surface area contributed by atoms with Crippen molar-refractivity contribution in [1.29, 1.82) is 0 Å². The number of halogens is 1. The number of anilines is 1. The number of hydrogen-bond donors (Lipinski definition) is 3. The smallest absolute Gasteiger partial charge is 0.268 e. The predicted octanol–water partition coefficient (Wildman–Crippen LogP) is 2.79. The average Bonchev–Trinajstić information content (AvgIpc) is 3.09. The molecular weight excluding hydrogens is 381 g/mol. The summed E-state index contributed by atoms with van der Waals surface area (Å²) in [5.74, 6) is -0.492. The molecule has 28 heavy (non-hydrogen) atoms. The lowest BCUT2D eigenvalue weighted by Crippen LogP contribution is -2.32. The fourth-order valence-corrected chi connectivity index (χ4v) is 4.30. The van der Waals surface area contributed by atoms with Crippen molar-refractivity contribution in [1.82, 2.24) is 9.29 Å². The van der Waals surface area contributed by atoms with E-state index in [0.29, 0.717) is 11.3 Å². The molecule has 1 aromatic heterocycles. The van der Waals surface area contributed by atoms with Crippen LogP contribution >= 0.6 is 0 Å². The second-order valence-electron chi connectivity index (χ2n) is 6.40. The Hall–Kier alpha value is -2.68. The Morgan fingerprint density at radius 3 is 2.61 bits per heavy atom. The molecule has 1 unspecified atom stereocenters. The minimum absolute atomic E-state index is 0.0598. The zero-order valence-corrected chi connectivity index (χ0v) is 16.4. The molecule has 0 aliphatic heterocycles. The molecule has 1 atom stereocenters. The zero-order valence-electron chi connectivity index (χ0n) is 15.6. The third-order valence-electron chi connectivity index (χ3n) is 4.30. The lowest BCUT2D eigenvalue weighted by atomic mass is 10.1. The van der Waals surface area contributed by atoms with Crippen molar-refractivity contribution < 1.29 is 17.9 Å². The highest BCUT2D eigenvalue weighted by Gasteiger charge is 2.22. The summed E-state index contributed by atoms with van der Waals surface area (Å²) in [5, 5.41) is 15.2. The Kier molecular flexibility index (Phi) is 5.83. The number of aromatic nitrogens is 1. The van der Waals surface area contributed by atoms with Crippen LogP contribution in [0.4, 0.5) is 10.1 Å². The van der Waals surface area contributed by atoms with Crippen LogP contribution in [0.1, 0.15) is 5.56 Å². The molecule has 0 amide bonds. The molecule has 6 nitrogen and oxygen atoms in total. The van der Waals surface area contributed by atoms with E-state index in [1.807, 2.05) is 0 Å². The fourth-order valence-electron chi connectivity index (χ4n) is 2.83. The van der Waals surface area contributed by atoms with E-state index in [9.17, 15) is 17.9 Å². The van der Waals surface area contributed by atoms with Crippen molar-refractivity contribution in [2.24, 2.45) is 0 Å². The van der Waals surface area contributed by atoms with Crippen molar-refractivity contribution in [2.75, 3.05) is 18.9 Å². The summed E-state index contributed by atoms with van der Waals surface area (Å²) >= 11 is 0.